The van der Waals surface area contributed by atoms with E-state index in [1.165, 1.54) is 0 Å². The molecule has 43 heavy (non-hydrogen) atoms. The van der Waals surface area contributed by atoms with Gasteiger partial charge in [0.2, 0.25) is 5.91 Å². The second-order valence-corrected chi connectivity index (χ2v) is 10.4. The maximum Gasteiger partial charge on any atom is 0.221 e. The number of rotatable bonds is 14. The van der Waals surface area contributed by atoms with Crippen LogP contribution in [-0.4, -0.2) is 45.0 Å². The van der Waals surface area contributed by atoms with Gasteiger partial charge in [-0.2, -0.15) is 0 Å². The SMILES string of the molecule is COCCNC(=O)CC(c1ccc(OC)c(OCc2ccccc2)c1)c1cn(Cc2ccc(OC)cc2)c2ccccc12. The molecule has 0 fully saturated rings. The molecule has 1 unspecified atom stereocenters. The molecule has 1 aromatic heterocycles. The Labute approximate surface area is 253 Å². The van der Waals surface area contributed by atoms with Gasteiger partial charge in [0.25, 0.3) is 0 Å². The van der Waals surface area contributed by atoms with Gasteiger partial charge in [-0.15, -0.1) is 0 Å². The fourth-order valence-electron chi connectivity index (χ4n) is 5.33. The quantitative estimate of drug-likeness (QED) is 0.151. The summed E-state index contributed by atoms with van der Waals surface area (Å²) in [4.78, 5) is 13.2. The smallest absolute Gasteiger partial charge is 0.221 e. The van der Waals surface area contributed by atoms with Gasteiger partial charge in [-0.3, -0.25) is 4.79 Å². The normalized spacial score (nSPS) is 11.7. The molecule has 0 saturated heterocycles. The molecule has 4 aromatic carbocycles. The Bertz CT molecular complexity index is 1630. The van der Waals surface area contributed by atoms with E-state index in [2.05, 4.69) is 40.3 Å². The summed E-state index contributed by atoms with van der Waals surface area (Å²) < 4.78 is 24.6. The number of amides is 1. The van der Waals surface area contributed by atoms with Crippen LogP contribution in [0.4, 0.5) is 0 Å². The minimum absolute atomic E-state index is 0.0448. The van der Waals surface area contributed by atoms with Crippen molar-refractivity contribution in [3.63, 3.8) is 0 Å². The summed E-state index contributed by atoms with van der Waals surface area (Å²) in [5.74, 6) is 1.83. The van der Waals surface area contributed by atoms with Gasteiger partial charge in [0.05, 0.1) is 20.8 Å². The molecule has 1 atom stereocenters. The van der Waals surface area contributed by atoms with Crippen LogP contribution in [0.5, 0.6) is 17.2 Å². The molecule has 1 amide bonds. The zero-order valence-electron chi connectivity index (χ0n) is 24.9. The third kappa shape index (κ3) is 7.37. The lowest BCUT2D eigenvalue weighted by Crippen LogP contribution is -2.28. The monoisotopic (exact) mass is 578 g/mol. The molecule has 0 spiro atoms. The molecule has 0 radical (unpaired) electrons. The van der Waals surface area contributed by atoms with Crippen molar-refractivity contribution in [1.82, 2.24) is 9.88 Å². The Morgan fingerprint density at radius 2 is 1.58 bits per heavy atom. The number of aromatic nitrogens is 1. The Morgan fingerprint density at radius 1 is 0.814 bits per heavy atom. The molecule has 7 nitrogen and oxygen atoms in total. The fourth-order valence-corrected chi connectivity index (χ4v) is 5.33. The molecule has 7 heteroatoms. The summed E-state index contributed by atoms with van der Waals surface area (Å²) in [6, 6.07) is 32.4. The Hall–Kier alpha value is -4.75. The van der Waals surface area contributed by atoms with Gasteiger partial charge in [-0.1, -0.05) is 66.7 Å². The average molecular weight is 579 g/mol. The number of carbonyl (C=O) groups excluding carboxylic acids is 1. The van der Waals surface area contributed by atoms with Crippen LogP contribution in [0.15, 0.2) is 103 Å². The summed E-state index contributed by atoms with van der Waals surface area (Å²) in [6.07, 6.45) is 2.45. The number of hydrogen-bond acceptors (Lipinski definition) is 5. The lowest BCUT2D eigenvalue weighted by molar-refractivity contribution is -0.121. The number of fused-ring (bicyclic) bond motifs is 1. The number of nitrogens with zero attached hydrogens (tertiary/aromatic N) is 1. The number of ether oxygens (including phenoxy) is 4. The van der Waals surface area contributed by atoms with Crippen molar-refractivity contribution in [3.8, 4) is 17.2 Å². The average Bonchev–Trinajstić information content (AvgIpc) is 3.41. The first-order valence-electron chi connectivity index (χ1n) is 14.4. The van der Waals surface area contributed by atoms with Crippen molar-refractivity contribution in [2.45, 2.75) is 25.5 Å². The predicted octanol–water partition coefficient (Wildman–Crippen LogP) is 6.57. The third-order valence-electron chi connectivity index (χ3n) is 7.55. The lowest BCUT2D eigenvalue weighted by Gasteiger charge is -2.20. The fraction of sp³-hybridized carbons (Fsp3) is 0.250. The minimum Gasteiger partial charge on any atom is -0.497 e. The highest BCUT2D eigenvalue weighted by Crippen LogP contribution is 2.39. The van der Waals surface area contributed by atoms with E-state index in [4.69, 9.17) is 18.9 Å². The zero-order valence-corrected chi connectivity index (χ0v) is 24.9. The largest absolute Gasteiger partial charge is 0.497 e. The van der Waals surface area contributed by atoms with Gasteiger partial charge in [0.1, 0.15) is 12.4 Å². The molecular formula is C36H38N2O5. The first-order chi connectivity index (χ1) is 21.1. The van der Waals surface area contributed by atoms with Crippen molar-refractivity contribution in [2.75, 3.05) is 34.5 Å². The van der Waals surface area contributed by atoms with Crippen LogP contribution in [0, 0.1) is 0 Å². The van der Waals surface area contributed by atoms with Crippen LogP contribution >= 0.6 is 0 Å². The number of carbonyl (C=O) groups is 1. The first kappa shape index (κ1) is 29.7. The zero-order chi connectivity index (χ0) is 30.0. The van der Waals surface area contributed by atoms with Crippen molar-refractivity contribution in [3.05, 3.63) is 126 Å². The van der Waals surface area contributed by atoms with Crippen LogP contribution in [-0.2, 0) is 22.7 Å². The van der Waals surface area contributed by atoms with Crippen molar-refractivity contribution in [1.29, 1.82) is 0 Å². The highest BCUT2D eigenvalue weighted by Gasteiger charge is 2.24. The molecular weight excluding hydrogens is 540 g/mol. The summed E-state index contributed by atoms with van der Waals surface area (Å²) in [5, 5.41) is 4.11. The third-order valence-corrected chi connectivity index (χ3v) is 7.55. The molecule has 5 aromatic rings. The topological polar surface area (TPSA) is 71.0 Å². The van der Waals surface area contributed by atoms with E-state index < -0.39 is 0 Å². The van der Waals surface area contributed by atoms with Crippen molar-refractivity contribution in [2.24, 2.45) is 0 Å². The molecule has 0 bridgehead atoms. The van der Waals surface area contributed by atoms with Gasteiger partial charge in [-0.05, 0) is 52.6 Å². The highest BCUT2D eigenvalue weighted by atomic mass is 16.5. The van der Waals surface area contributed by atoms with E-state index in [-0.39, 0.29) is 18.2 Å². The molecule has 5 rings (SSSR count). The number of hydrogen-bond donors (Lipinski definition) is 1. The molecule has 0 saturated carbocycles. The van der Waals surface area contributed by atoms with Crippen LogP contribution in [0.25, 0.3) is 10.9 Å². The Kier molecular flexibility index (Phi) is 9.97. The number of para-hydroxylation sites is 1. The first-order valence-corrected chi connectivity index (χ1v) is 14.4. The molecule has 1 N–H and O–H groups in total. The highest BCUT2D eigenvalue weighted by molar-refractivity contribution is 5.87. The van der Waals surface area contributed by atoms with E-state index in [1.807, 2.05) is 72.8 Å². The number of methoxy groups -OCH3 is 3. The standard InChI is InChI=1S/C36H38N2O5/c1-40-20-19-37-36(39)22-31(28-15-18-34(42-3)35(21-28)43-25-27-9-5-4-6-10-27)32-24-38(33-12-8-7-11-30(32)33)23-26-13-16-29(41-2)17-14-26/h4-18,21,24,31H,19-20,22-23,25H2,1-3H3,(H,37,39). The van der Waals surface area contributed by atoms with Crippen LogP contribution in [0.2, 0.25) is 0 Å². The maximum atomic E-state index is 13.2. The van der Waals surface area contributed by atoms with Crippen molar-refractivity contribution >= 4 is 16.8 Å². The molecule has 1 heterocycles. The van der Waals surface area contributed by atoms with E-state index in [0.717, 1.165) is 38.9 Å². The van der Waals surface area contributed by atoms with E-state index in [1.54, 1.807) is 21.3 Å². The number of benzene rings is 4. The summed E-state index contributed by atoms with van der Waals surface area (Å²) >= 11 is 0. The molecule has 0 aliphatic heterocycles. The molecule has 222 valence electrons. The predicted molar refractivity (Wildman–Crippen MR) is 169 cm³/mol. The van der Waals surface area contributed by atoms with E-state index >= 15 is 0 Å². The van der Waals surface area contributed by atoms with Gasteiger partial charge < -0.3 is 28.8 Å². The van der Waals surface area contributed by atoms with Gasteiger partial charge in [-0.25, -0.2) is 0 Å². The summed E-state index contributed by atoms with van der Waals surface area (Å²) in [6.45, 7) is 2.00. The maximum absolute atomic E-state index is 13.2. The second kappa shape index (κ2) is 14.4. The summed E-state index contributed by atoms with van der Waals surface area (Å²) in [5.41, 5.74) is 5.36. The second-order valence-electron chi connectivity index (χ2n) is 10.4. The van der Waals surface area contributed by atoms with Gasteiger partial charge in [0.15, 0.2) is 11.5 Å². The van der Waals surface area contributed by atoms with Crippen molar-refractivity contribution < 1.29 is 23.7 Å². The Morgan fingerprint density at radius 3 is 2.33 bits per heavy atom. The lowest BCUT2D eigenvalue weighted by atomic mass is 9.87. The van der Waals surface area contributed by atoms with Gasteiger partial charge in [0, 0.05) is 49.6 Å². The van der Waals surface area contributed by atoms with E-state index in [9.17, 15) is 4.79 Å². The molecule has 0 aliphatic rings. The Balaban J connectivity index is 1.53. The number of nitrogens with one attached hydrogen (secondary N) is 1. The summed E-state index contributed by atoms with van der Waals surface area (Å²) in [7, 11) is 4.93. The van der Waals surface area contributed by atoms with Gasteiger partial charge >= 0.3 is 0 Å². The molecule has 0 aliphatic carbocycles. The van der Waals surface area contributed by atoms with Crippen LogP contribution in [0.3, 0.4) is 0 Å². The van der Waals surface area contributed by atoms with E-state index in [0.29, 0.717) is 37.8 Å². The van der Waals surface area contributed by atoms with Crippen LogP contribution in [0.1, 0.15) is 34.6 Å². The minimum atomic E-state index is -0.227. The van der Waals surface area contributed by atoms with Crippen LogP contribution < -0.4 is 19.5 Å².